The lowest BCUT2D eigenvalue weighted by atomic mass is 9.85. The zero-order chi connectivity index (χ0) is 17.3. The Labute approximate surface area is 146 Å². The first-order valence-electron chi connectivity index (χ1n) is 9.04. The van der Waals surface area contributed by atoms with Crippen molar-refractivity contribution in [1.29, 1.82) is 0 Å². The lowest BCUT2D eigenvalue weighted by Gasteiger charge is -2.35. The molecule has 0 unspecified atom stereocenters. The Morgan fingerprint density at radius 3 is 2.48 bits per heavy atom. The van der Waals surface area contributed by atoms with Crippen LogP contribution in [0.5, 0.6) is 0 Å². The molecule has 5 atom stereocenters. The van der Waals surface area contributed by atoms with Crippen LogP contribution in [-0.4, -0.2) is 45.2 Å². The minimum atomic E-state index is -0.230. The van der Waals surface area contributed by atoms with Gasteiger partial charge in [0.25, 0.3) is 0 Å². The van der Waals surface area contributed by atoms with Crippen LogP contribution in [0.4, 0.5) is 0 Å². The highest BCUT2D eigenvalue weighted by Crippen LogP contribution is 2.52. The van der Waals surface area contributed by atoms with E-state index < -0.39 is 0 Å². The quantitative estimate of drug-likeness (QED) is 0.601. The topological polar surface area (TPSA) is 62.6 Å². The van der Waals surface area contributed by atoms with Crippen LogP contribution in [0.15, 0.2) is 30.5 Å². The molecule has 3 heterocycles. The van der Waals surface area contributed by atoms with E-state index in [1.807, 2.05) is 25.3 Å². The highest BCUT2D eigenvalue weighted by atomic mass is 16.2. The molecule has 0 N–H and O–H groups in total. The van der Waals surface area contributed by atoms with Gasteiger partial charge in [-0.05, 0) is 37.3 Å². The Morgan fingerprint density at radius 1 is 1.12 bits per heavy atom. The zero-order valence-electron chi connectivity index (χ0n) is 14.2. The number of carbonyl (C=O) groups is 3. The summed E-state index contributed by atoms with van der Waals surface area (Å²) in [6.45, 7) is 3.24. The molecule has 1 saturated carbocycles. The van der Waals surface area contributed by atoms with Gasteiger partial charge in [0.2, 0.25) is 17.7 Å². The van der Waals surface area contributed by atoms with Crippen molar-refractivity contribution in [3.63, 3.8) is 0 Å². The van der Waals surface area contributed by atoms with Crippen LogP contribution in [-0.2, 0) is 20.9 Å². The largest absolute Gasteiger partial charge is 0.348 e. The van der Waals surface area contributed by atoms with E-state index in [0.29, 0.717) is 6.54 Å². The fourth-order valence-corrected chi connectivity index (χ4v) is 5.27. The Hall–Kier alpha value is -2.37. The van der Waals surface area contributed by atoms with Gasteiger partial charge in [-0.3, -0.25) is 19.3 Å². The molecule has 6 nitrogen and oxygen atoms in total. The van der Waals surface area contributed by atoms with E-state index in [4.69, 9.17) is 0 Å². The average Bonchev–Trinajstić information content (AvgIpc) is 3.35. The molecule has 2 fully saturated rings. The van der Waals surface area contributed by atoms with Crippen molar-refractivity contribution in [3.05, 3.63) is 36.2 Å². The summed E-state index contributed by atoms with van der Waals surface area (Å²) in [5.74, 6) is -0.520. The third kappa shape index (κ3) is 1.94. The SMILES string of the molecule is C[C@@H]1c2cccn2CCN1C(=O)CN1C(=O)[C@@H]2[C@@H](C1=O)[C@H]1C=C[C@H]2C1. The van der Waals surface area contributed by atoms with E-state index in [9.17, 15) is 14.4 Å². The lowest BCUT2D eigenvalue weighted by Crippen LogP contribution is -2.47. The number of imide groups is 1. The minimum Gasteiger partial charge on any atom is -0.348 e. The normalized spacial score (nSPS) is 35.5. The molecule has 2 aliphatic carbocycles. The van der Waals surface area contributed by atoms with Crippen molar-refractivity contribution in [3.8, 4) is 0 Å². The Kier molecular flexibility index (Phi) is 3.03. The molecule has 5 rings (SSSR count). The van der Waals surface area contributed by atoms with Gasteiger partial charge in [-0.1, -0.05) is 12.2 Å². The molecule has 0 spiro atoms. The first-order chi connectivity index (χ1) is 12.1. The fourth-order valence-electron chi connectivity index (χ4n) is 5.27. The van der Waals surface area contributed by atoms with Crippen molar-refractivity contribution in [2.75, 3.05) is 13.1 Å². The molecule has 130 valence electrons. The van der Waals surface area contributed by atoms with Crippen LogP contribution in [0.1, 0.15) is 25.1 Å². The van der Waals surface area contributed by atoms with Gasteiger partial charge in [-0.25, -0.2) is 0 Å². The summed E-state index contributed by atoms with van der Waals surface area (Å²) >= 11 is 0. The number of amides is 3. The summed E-state index contributed by atoms with van der Waals surface area (Å²) in [6, 6.07) is 3.96. The summed E-state index contributed by atoms with van der Waals surface area (Å²) in [6.07, 6.45) is 7.08. The number of nitrogens with zero attached hydrogens (tertiary/aromatic N) is 3. The van der Waals surface area contributed by atoms with Gasteiger partial charge in [-0.15, -0.1) is 0 Å². The van der Waals surface area contributed by atoms with Crippen LogP contribution in [0, 0.1) is 23.7 Å². The Morgan fingerprint density at radius 2 is 1.80 bits per heavy atom. The van der Waals surface area contributed by atoms with Crippen LogP contribution >= 0.6 is 0 Å². The Balaban J connectivity index is 1.34. The van der Waals surface area contributed by atoms with Gasteiger partial charge in [0.05, 0.1) is 17.9 Å². The van der Waals surface area contributed by atoms with Crippen LogP contribution < -0.4 is 0 Å². The van der Waals surface area contributed by atoms with E-state index >= 15 is 0 Å². The van der Waals surface area contributed by atoms with E-state index in [1.165, 1.54) is 4.90 Å². The predicted molar refractivity (Wildman–Crippen MR) is 89.0 cm³/mol. The third-order valence-electron chi connectivity index (χ3n) is 6.52. The van der Waals surface area contributed by atoms with Gasteiger partial charge in [0.15, 0.2) is 0 Å². The zero-order valence-corrected chi connectivity index (χ0v) is 14.2. The number of hydrogen-bond donors (Lipinski definition) is 0. The summed E-state index contributed by atoms with van der Waals surface area (Å²) in [4.78, 5) is 41.3. The van der Waals surface area contributed by atoms with Crippen molar-refractivity contribution >= 4 is 17.7 Å². The van der Waals surface area contributed by atoms with Gasteiger partial charge in [-0.2, -0.15) is 0 Å². The highest BCUT2D eigenvalue weighted by Gasteiger charge is 2.59. The molecule has 0 radical (unpaired) electrons. The molecule has 1 aromatic heterocycles. The molecule has 2 aliphatic heterocycles. The fraction of sp³-hybridized carbons (Fsp3) is 0.526. The van der Waals surface area contributed by atoms with E-state index in [2.05, 4.69) is 16.7 Å². The monoisotopic (exact) mass is 339 g/mol. The first-order valence-corrected chi connectivity index (χ1v) is 9.04. The second kappa shape index (κ2) is 5.07. The number of hydrogen-bond acceptors (Lipinski definition) is 3. The number of rotatable bonds is 2. The van der Waals surface area contributed by atoms with Gasteiger partial charge in [0, 0.05) is 25.0 Å². The lowest BCUT2D eigenvalue weighted by molar-refractivity contribution is -0.148. The van der Waals surface area contributed by atoms with Gasteiger partial charge >= 0.3 is 0 Å². The van der Waals surface area contributed by atoms with Crippen molar-refractivity contribution in [2.45, 2.75) is 25.9 Å². The summed E-state index contributed by atoms with van der Waals surface area (Å²) in [5.41, 5.74) is 1.10. The second-order valence-electron chi connectivity index (χ2n) is 7.65. The van der Waals surface area contributed by atoms with E-state index in [0.717, 1.165) is 18.7 Å². The van der Waals surface area contributed by atoms with Gasteiger partial charge in [0.1, 0.15) is 6.54 Å². The molecule has 4 aliphatic rings. The first kappa shape index (κ1) is 14.9. The number of likely N-dealkylation sites (tertiary alicyclic amines) is 1. The highest BCUT2D eigenvalue weighted by molar-refractivity contribution is 6.08. The summed E-state index contributed by atoms with van der Waals surface area (Å²) in [5, 5.41) is 0. The summed E-state index contributed by atoms with van der Waals surface area (Å²) < 4.78 is 2.15. The minimum absolute atomic E-state index is 0.0404. The van der Waals surface area contributed by atoms with Crippen molar-refractivity contribution in [2.24, 2.45) is 23.7 Å². The standard InChI is InChI=1S/C19H21N3O3/c1-11-14-3-2-6-20(14)7-8-21(11)15(23)10-22-18(24)16-12-4-5-13(9-12)17(16)19(22)25/h2-6,11-13,16-17H,7-10H2,1H3/t11-,12+,13+,16+,17+/m1/s1. The molecular weight excluding hydrogens is 318 g/mol. The molecule has 0 aromatic carbocycles. The maximum absolute atomic E-state index is 12.8. The van der Waals surface area contributed by atoms with E-state index in [-0.39, 0.29) is 54.0 Å². The third-order valence-corrected chi connectivity index (χ3v) is 6.52. The molecule has 6 heteroatoms. The smallest absolute Gasteiger partial charge is 0.243 e. The molecule has 1 saturated heterocycles. The summed E-state index contributed by atoms with van der Waals surface area (Å²) in [7, 11) is 0. The number of fused-ring (bicyclic) bond motifs is 6. The Bertz CT molecular complexity index is 781. The molecule has 1 aromatic rings. The molecule has 2 bridgehead atoms. The van der Waals surface area contributed by atoms with Crippen LogP contribution in [0.25, 0.3) is 0 Å². The van der Waals surface area contributed by atoms with Gasteiger partial charge < -0.3 is 9.47 Å². The van der Waals surface area contributed by atoms with E-state index in [1.54, 1.807) is 4.90 Å². The maximum Gasteiger partial charge on any atom is 0.243 e. The average molecular weight is 339 g/mol. The molecule has 3 amide bonds. The number of allylic oxidation sites excluding steroid dienone is 2. The van der Waals surface area contributed by atoms with Crippen LogP contribution in [0.3, 0.4) is 0 Å². The maximum atomic E-state index is 12.8. The number of carbonyl (C=O) groups excluding carboxylic acids is 3. The number of aromatic nitrogens is 1. The van der Waals surface area contributed by atoms with Crippen molar-refractivity contribution < 1.29 is 14.4 Å². The second-order valence-corrected chi connectivity index (χ2v) is 7.65. The van der Waals surface area contributed by atoms with Crippen molar-refractivity contribution in [1.82, 2.24) is 14.4 Å². The molecular formula is C19H21N3O3. The predicted octanol–water partition coefficient (Wildman–Crippen LogP) is 1.20. The van der Waals surface area contributed by atoms with Crippen LogP contribution in [0.2, 0.25) is 0 Å². The molecule has 25 heavy (non-hydrogen) atoms.